The minimum absolute atomic E-state index is 0.00526. The molecular formula is C14H20N2O4. The zero-order valence-corrected chi connectivity index (χ0v) is 11.6. The van der Waals surface area contributed by atoms with Gasteiger partial charge in [-0.2, -0.15) is 0 Å². The molecule has 1 atom stereocenters. The van der Waals surface area contributed by atoms with Gasteiger partial charge < -0.3 is 14.8 Å². The Morgan fingerprint density at radius 2 is 2.30 bits per heavy atom. The van der Waals surface area contributed by atoms with Crippen molar-refractivity contribution in [3.63, 3.8) is 0 Å². The van der Waals surface area contributed by atoms with Crippen LogP contribution in [0.15, 0.2) is 18.2 Å². The van der Waals surface area contributed by atoms with Gasteiger partial charge in [0, 0.05) is 6.07 Å². The normalized spacial score (nSPS) is 18.6. The predicted molar refractivity (Wildman–Crippen MR) is 75.4 cm³/mol. The van der Waals surface area contributed by atoms with Gasteiger partial charge in [-0.05, 0) is 44.3 Å². The summed E-state index contributed by atoms with van der Waals surface area (Å²) in [6.45, 7) is 2.74. The van der Waals surface area contributed by atoms with Crippen molar-refractivity contribution in [1.82, 2.24) is 5.32 Å². The number of piperidine rings is 1. The molecule has 6 nitrogen and oxygen atoms in total. The van der Waals surface area contributed by atoms with Crippen LogP contribution in [0.5, 0.6) is 11.5 Å². The van der Waals surface area contributed by atoms with Crippen molar-refractivity contribution in [3.05, 3.63) is 28.3 Å². The van der Waals surface area contributed by atoms with Gasteiger partial charge in [0.1, 0.15) is 0 Å². The lowest BCUT2D eigenvalue weighted by atomic mass is 9.97. The predicted octanol–water partition coefficient (Wildman–Crippen LogP) is 2.37. The van der Waals surface area contributed by atoms with Gasteiger partial charge >= 0.3 is 0 Å². The van der Waals surface area contributed by atoms with E-state index in [9.17, 15) is 10.1 Å². The van der Waals surface area contributed by atoms with E-state index in [0.717, 1.165) is 19.5 Å². The molecular weight excluding hydrogens is 260 g/mol. The third-order valence-corrected chi connectivity index (χ3v) is 3.54. The zero-order valence-electron chi connectivity index (χ0n) is 11.6. The average Bonchev–Trinajstić information content (AvgIpc) is 2.48. The van der Waals surface area contributed by atoms with Crippen molar-refractivity contribution in [2.75, 3.05) is 26.8 Å². The number of nitro groups is 1. The molecule has 20 heavy (non-hydrogen) atoms. The first-order chi connectivity index (χ1) is 9.70. The maximum Gasteiger partial charge on any atom is 0.273 e. The molecule has 0 amide bonds. The molecule has 1 N–H and O–H groups in total. The molecule has 110 valence electrons. The summed E-state index contributed by atoms with van der Waals surface area (Å²) in [5.41, 5.74) is 0.00526. The van der Waals surface area contributed by atoms with Gasteiger partial charge in [0.05, 0.1) is 24.7 Å². The van der Waals surface area contributed by atoms with Crippen molar-refractivity contribution in [2.24, 2.45) is 5.92 Å². The quantitative estimate of drug-likeness (QED) is 0.639. The number of methoxy groups -OCH3 is 1. The Hall–Kier alpha value is -1.82. The summed E-state index contributed by atoms with van der Waals surface area (Å²) < 4.78 is 10.8. The number of nitrogens with zero attached hydrogens (tertiary/aromatic N) is 1. The Labute approximate surface area is 118 Å². The lowest BCUT2D eigenvalue weighted by molar-refractivity contribution is -0.384. The molecule has 1 heterocycles. The molecule has 1 unspecified atom stereocenters. The second-order valence-corrected chi connectivity index (χ2v) is 4.94. The molecule has 1 saturated heterocycles. The molecule has 1 aromatic carbocycles. The fraction of sp³-hybridized carbons (Fsp3) is 0.571. The van der Waals surface area contributed by atoms with E-state index in [1.54, 1.807) is 6.07 Å². The third-order valence-electron chi connectivity index (χ3n) is 3.54. The van der Waals surface area contributed by atoms with Gasteiger partial charge in [0.15, 0.2) is 11.5 Å². The standard InChI is InChI=1S/C14H20N2O4/c1-19-14-9-12(16(17)18)4-5-13(14)20-8-6-11-3-2-7-15-10-11/h4-5,9,11,15H,2-3,6-8,10H2,1H3. The summed E-state index contributed by atoms with van der Waals surface area (Å²) in [4.78, 5) is 10.3. The molecule has 0 aromatic heterocycles. The molecule has 0 aliphatic carbocycles. The van der Waals surface area contributed by atoms with E-state index in [4.69, 9.17) is 9.47 Å². The summed E-state index contributed by atoms with van der Waals surface area (Å²) in [6.07, 6.45) is 3.42. The van der Waals surface area contributed by atoms with Gasteiger partial charge in [-0.1, -0.05) is 0 Å². The number of hydrogen-bond donors (Lipinski definition) is 1. The number of nitrogens with one attached hydrogen (secondary N) is 1. The Morgan fingerprint density at radius 1 is 1.45 bits per heavy atom. The molecule has 0 spiro atoms. The number of rotatable bonds is 6. The van der Waals surface area contributed by atoms with E-state index in [-0.39, 0.29) is 5.69 Å². The van der Waals surface area contributed by atoms with E-state index < -0.39 is 4.92 Å². The number of nitro benzene ring substituents is 1. The number of benzene rings is 1. The largest absolute Gasteiger partial charge is 0.493 e. The van der Waals surface area contributed by atoms with Crippen molar-refractivity contribution in [1.29, 1.82) is 0 Å². The molecule has 2 rings (SSSR count). The smallest absolute Gasteiger partial charge is 0.273 e. The summed E-state index contributed by atoms with van der Waals surface area (Å²) >= 11 is 0. The summed E-state index contributed by atoms with van der Waals surface area (Å²) in [6, 6.07) is 4.41. The highest BCUT2D eigenvalue weighted by molar-refractivity contribution is 5.48. The third kappa shape index (κ3) is 3.84. The lowest BCUT2D eigenvalue weighted by Crippen LogP contribution is -2.30. The van der Waals surface area contributed by atoms with Gasteiger partial charge in [0.25, 0.3) is 5.69 Å². The Morgan fingerprint density at radius 3 is 2.95 bits per heavy atom. The van der Waals surface area contributed by atoms with Crippen LogP contribution in [0.1, 0.15) is 19.3 Å². The van der Waals surface area contributed by atoms with Crippen LogP contribution in [-0.2, 0) is 0 Å². The zero-order chi connectivity index (χ0) is 14.4. The minimum Gasteiger partial charge on any atom is -0.493 e. The first kappa shape index (κ1) is 14.6. The fourth-order valence-corrected chi connectivity index (χ4v) is 2.40. The van der Waals surface area contributed by atoms with Crippen LogP contribution >= 0.6 is 0 Å². The second kappa shape index (κ2) is 7.09. The minimum atomic E-state index is -0.444. The van der Waals surface area contributed by atoms with Crippen LogP contribution in [0.4, 0.5) is 5.69 Å². The summed E-state index contributed by atoms with van der Waals surface area (Å²) in [7, 11) is 1.48. The Balaban J connectivity index is 1.89. The van der Waals surface area contributed by atoms with E-state index in [1.165, 1.54) is 32.1 Å². The maximum absolute atomic E-state index is 10.7. The van der Waals surface area contributed by atoms with Crippen molar-refractivity contribution in [2.45, 2.75) is 19.3 Å². The van der Waals surface area contributed by atoms with E-state index in [1.807, 2.05) is 0 Å². The van der Waals surface area contributed by atoms with Crippen LogP contribution in [0.2, 0.25) is 0 Å². The molecule has 1 aliphatic rings. The number of hydrogen-bond acceptors (Lipinski definition) is 5. The first-order valence-corrected chi connectivity index (χ1v) is 6.86. The first-order valence-electron chi connectivity index (χ1n) is 6.86. The van der Waals surface area contributed by atoms with E-state index in [2.05, 4.69) is 5.32 Å². The van der Waals surface area contributed by atoms with Crippen LogP contribution < -0.4 is 14.8 Å². The highest BCUT2D eigenvalue weighted by Crippen LogP contribution is 2.31. The van der Waals surface area contributed by atoms with E-state index >= 15 is 0 Å². The topological polar surface area (TPSA) is 73.6 Å². The number of non-ortho nitro benzene ring substituents is 1. The molecule has 0 radical (unpaired) electrons. The fourth-order valence-electron chi connectivity index (χ4n) is 2.40. The van der Waals surface area contributed by atoms with Crippen molar-refractivity contribution < 1.29 is 14.4 Å². The van der Waals surface area contributed by atoms with Crippen LogP contribution in [0, 0.1) is 16.0 Å². The summed E-state index contributed by atoms with van der Waals surface area (Å²) in [5.74, 6) is 1.61. The SMILES string of the molecule is COc1cc([N+](=O)[O-])ccc1OCCC1CCCNC1. The van der Waals surface area contributed by atoms with Crippen LogP contribution in [0.25, 0.3) is 0 Å². The molecule has 1 fully saturated rings. The van der Waals surface area contributed by atoms with Crippen LogP contribution in [0.3, 0.4) is 0 Å². The molecule has 0 bridgehead atoms. The molecule has 0 saturated carbocycles. The second-order valence-electron chi connectivity index (χ2n) is 4.94. The van der Waals surface area contributed by atoms with Crippen molar-refractivity contribution >= 4 is 5.69 Å². The highest BCUT2D eigenvalue weighted by atomic mass is 16.6. The number of ether oxygens (including phenoxy) is 2. The molecule has 1 aliphatic heterocycles. The molecule has 6 heteroatoms. The average molecular weight is 280 g/mol. The Bertz CT molecular complexity index is 458. The summed E-state index contributed by atoms with van der Waals surface area (Å²) in [5, 5.41) is 14.1. The van der Waals surface area contributed by atoms with Crippen LogP contribution in [-0.4, -0.2) is 31.7 Å². The van der Waals surface area contributed by atoms with Gasteiger partial charge in [0.2, 0.25) is 0 Å². The van der Waals surface area contributed by atoms with Gasteiger partial charge in [-0.25, -0.2) is 0 Å². The van der Waals surface area contributed by atoms with Crippen molar-refractivity contribution in [3.8, 4) is 11.5 Å². The van der Waals surface area contributed by atoms with E-state index in [0.29, 0.717) is 24.0 Å². The maximum atomic E-state index is 10.7. The van der Waals surface area contributed by atoms with Gasteiger partial charge in [-0.15, -0.1) is 0 Å². The molecule has 1 aromatic rings. The Kier molecular flexibility index (Phi) is 5.17. The van der Waals surface area contributed by atoms with Gasteiger partial charge in [-0.3, -0.25) is 10.1 Å². The monoisotopic (exact) mass is 280 g/mol. The highest BCUT2D eigenvalue weighted by Gasteiger charge is 2.15. The lowest BCUT2D eigenvalue weighted by Gasteiger charge is -2.22.